The first-order valence-corrected chi connectivity index (χ1v) is 9.73. The second-order valence-corrected chi connectivity index (χ2v) is 6.82. The molecule has 0 atom stereocenters. The van der Waals surface area contributed by atoms with Crippen molar-refractivity contribution in [2.75, 3.05) is 25.6 Å². The molecule has 28 heavy (non-hydrogen) atoms. The van der Waals surface area contributed by atoms with Gasteiger partial charge in [-0.05, 0) is 38.1 Å². The Hall–Kier alpha value is -3.06. The number of benzene rings is 2. The van der Waals surface area contributed by atoms with E-state index in [1.165, 1.54) is 11.3 Å². The molecule has 0 spiro atoms. The maximum Gasteiger partial charge on any atom is 0.264 e. The Labute approximate surface area is 168 Å². The molecule has 0 saturated heterocycles. The van der Waals surface area contributed by atoms with Crippen LogP contribution < -0.4 is 19.5 Å². The molecule has 0 aliphatic carbocycles. The van der Waals surface area contributed by atoms with Gasteiger partial charge in [0.2, 0.25) is 0 Å². The molecular weight excluding hydrogens is 376 g/mol. The second kappa shape index (κ2) is 9.23. The predicted molar refractivity (Wildman–Crippen MR) is 111 cm³/mol. The molecule has 0 saturated carbocycles. The molecule has 7 heteroatoms. The number of rotatable bonds is 8. The predicted octanol–water partition coefficient (Wildman–Crippen LogP) is 4.54. The lowest BCUT2D eigenvalue weighted by molar-refractivity contribution is -0.118. The Balaban J connectivity index is 1.64. The summed E-state index contributed by atoms with van der Waals surface area (Å²) in [4.78, 5) is 16.7. The van der Waals surface area contributed by atoms with Gasteiger partial charge in [0.1, 0.15) is 5.75 Å². The van der Waals surface area contributed by atoms with Crippen molar-refractivity contribution in [3.63, 3.8) is 0 Å². The minimum atomic E-state index is -0.289. The number of methoxy groups -OCH3 is 1. The first-order valence-electron chi connectivity index (χ1n) is 8.85. The molecule has 1 amide bonds. The van der Waals surface area contributed by atoms with Crippen molar-refractivity contribution in [2.24, 2.45) is 0 Å². The lowest BCUT2D eigenvalue weighted by atomic mass is 10.1. The molecule has 0 unspecified atom stereocenters. The zero-order valence-electron chi connectivity index (χ0n) is 16.0. The summed E-state index contributed by atoms with van der Waals surface area (Å²) in [5, 5.41) is 5.16. The van der Waals surface area contributed by atoms with E-state index in [-0.39, 0.29) is 12.5 Å². The number of nitrogens with zero attached hydrogens (tertiary/aromatic N) is 1. The summed E-state index contributed by atoms with van der Waals surface area (Å²) in [5.41, 5.74) is 2.75. The fraction of sp³-hybridized carbons (Fsp3) is 0.238. The van der Waals surface area contributed by atoms with Gasteiger partial charge >= 0.3 is 0 Å². The molecule has 0 aliphatic heterocycles. The van der Waals surface area contributed by atoms with Gasteiger partial charge in [-0.2, -0.15) is 0 Å². The number of nitrogens with one attached hydrogen (secondary N) is 1. The number of thiazole rings is 1. The number of hydrogen-bond donors (Lipinski definition) is 1. The first-order chi connectivity index (χ1) is 13.6. The second-order valence-electron chi connectivity index (χ2n) is 5.96. The average Bonchev–Trinajstić information content (AvgIpc) is 3.16. The lowest BCUT2D eigenvalue weighted by Crippen LogP contribution is -2.20. The molecule has 2 aromatic carbocycles. The van der Waals surface area contributed by atoms with Gasteiger partial charge in [0.05, 0.1) is 19.4 Å². The van der Waals surface area contributed by atoms with Gasteiger partial charge in [-0.3, -0.25) is 10.1 Å². The van der Waals surface area contributed by atoms with Crippen LogP contribution in [0.1, 0.15) is 12.5 Å². The number of carbonyl (C=O) groups is 1. The minimum Gasteiger partial charge on any atom is -0.496 e. The monoisotopic (exact) mass is 398 g/mol. The topological polar surface area (TPSA) is 69.7 Å². The quantitative estimate of drug-likeness (QED) is 0.603. The molecule has 3 rings (SSSR count). The van der Waals surface area contributed by atoms with Gasteiger partial charge in [-0.25, -0.2) is 4.98 Å². The van der Waals surface area contributed by atoms with Gasteiger partial charge < -0.3 is 14.2 Å². The summed E-state index contributed by atoms with van der Waals surface area (Å²) >= 11 is 1.35. The van der Waals surface area contributed by atoms with Crippen LogP contribution in [0.15, 0.2) is 47.8 Å². The van der Waals surface area contributed by atoms with Crippen LogP contribution in [0.4, 0.5) is 5.13 Å². The van der Waals surface area contributed by atoms with Crippen molar-refractivity contribution in [2.45, 2.75) is 13.8 Å². The number of carbonyl (C=O) groups excluding carboxylic acids is 1. The Kier molecular flexibility index (Phi) is 6.49. The van der Waals surface area contributed by atoms with Crippen LogP contribution in [0.25, 0.3) is 11.3 Å². The van der Waals surface area contributed by atoms with Crippen LogP contribution in [0, 0.1) is 6.92 Å². The third-order valence-electron chi connectivity index (χ3n) is 3.89. The summed E-state index contributed by atoms with van der Waals surface area (Å²) in [5.74, 6) is 1.60. The van der Waals surface area contributed by atoms with E-state index in [1.807, 2.05) is 49.6 Å². The summed E-state index contributed by atoms with van der Waals surface area (Å²) in [6, 6.07) is 13.2. The standard InChI is InChI=1S/C21H22N2O4S/c1-4-26-18-7-5-6-8-19(18)27-12-20(24)23-21-22-16(13-28-21)15-11-14(2)9-10-17(15)25-3/h5-11,13H,4,12H2,1-3H3,(H,22,23,24). The van der Waals surface area contributed by atoms with Crippen LogP contribution in [0.3, 0.4) is 0 Å². The Bertz CT molecular complexity index is 955. The van der Waals surface area contributed by atoms with Crippen LogP contribution >= 0.6 is 11.3 Å². The van der Waals surface area contributed by atoms with E-state index in [0.29, 0.717) is 23.2 Å². The maximum atomic E-state index is 12.2. The normalized spacial score (nSPS) is 10.4. The number of aromatic nitrogens is 1. The molecule has 1 aromatic heterocycles. The third kappa shape index (κ3) is 4.80. The van der Waals surface area contributed by atoms with Crippen molar-refractivity contribution >= 4 is 22.4 Å². The third-order valence-corrected chi connectivity index (χ3v) is 4.65. The number of para-hydroxylation sites is 2. The zero-order chi connectivity index (χ0) is 19.9. The molecule has 6 nitrogen and oxygen atoms in total. The average molecular weight is 398 g/mol. The molecule has 0 fully saturated rings. The fourth-order valence-electron chi connectivity index (χ4n) is 2.62. The number of amides is 1. The van der Waals surface area contributed by atoms with E-state index in [1.54, 1.807) is 19.2 Å². The van der Waals surface area contributed by atoms with Gasteiger partial charge in [0.25, 0.3) is 5.91 Å². The van der Waals surface area contributed by atoms with Crippen molar-refractivity contribution < 1.29 is 19.0 Å². The van der Waals surface area contributed by atoms with Gasteiger partial charge in [-0.1, -0.05) is 23.8 Å². The number of aryl methyl sites for hydroxylation is 1. The number of ether oxygens (including phenoxy) is 3. The molecule has 0 aliphatic rings. The van der Waals surface area contributed by atoms with Crippen LogP contribution in [-0.4, -0.2) is 31.2 Å². The highest BCUT2D eigenvalue weighted by molar-refractivity contribution is 7.14. The summed E-state index contributed by atoms with van der Waals surface area (Å²) < 4.78 is 16.5. The summed E-state index contributed by atoms with van der Waals surface area (Å²) in [6.45, 7) is 4.30. The summed E-state index contributed by atoms with van der Waals surface area (Å²) in [6.07, 6.45) is 0. The Morgan fingerprint density at radius 2 is 1.86 bits per heavy atom. The molecule has 0 bridgehead atoms. The van der Waals surface area contributed by atoms with Crippen molar-refractivity contribution in [1.29, 1.82) is 0 Å². The number of anilines is 1. The van der Waals surface area contributed by atoms with Crippen molar-refractivity contribution in [3.8, 4) is 28.5 Å². The molecule has 146 valence electrons. The molecule has 1 heterocycles. The van der Waals surface area contributed by atoms with E-state index in [4.69, 9.17) is 14.2 Å². The Morgan fingerprint density at radius 3 is 2.57 bits per heavy atom. The van der Waals surface area contributed by atoms with Crippen LogP contribution in [-0.2, 0) is 4.79 Å². The van der Waals surface area contributed by atoms with Gasteiger partial charge in [-0.15, -0.1) is 11.3 Å². The van der Waals surface area contributed by atoms with Gasteiger partial charge in [0, 0.05) is 10.9 Å². The van der Waals surface area contributed by atoms with E-state index in [9.17, 15) is 4.79 Å². The summed E-state index contributed by atoms with van der Waals surface area (Å²) in [7, 11) is 1.63. The SMILES string of the molecule is CCOc1ccccc1OCC(=O)Nc1nc(-c2cc(C)ccc2OC)cs1. The Morgan fingerprint density at radius 1 is 1.11 bits per heavy atom. The minimum absolute atomic E-state index is 0.132. The highest BCUT2D eigenvalue weighted by atomic mass is 32.1. The lowest BCUT2D eigenvalue weighted by Gasteiger charge is -2.11. The molecular formula is C21H22N2O4S. The van der Waals surface area contributed by atoms with Crippen molar-refractivity contribution in [1.82, 2.24) is 4.98 Å². The van der Waals surface area contributed by atoms with Crippen molar-refractivity contribution in [3.05, 3.63) is 53.4 Å². The molecule has 1 N–H and O–H groups in total. The molecule has 0 radical (unpaired) electrons. The zero-order valence-corrected chi connectivity index (χ0v) is 16.8. The van der Waals surface area contributed by atoms with Crippen LogP contribution in [0.2, 0.25) is 0 Å². The highest BCUT2D eigenvalue weighted by Crippen LogP contribution is 2.33. The van der Waals surface area contributed by atoms with E-state index in [2.05, 4.69) is 10.3 Å². The highest BCUT2D eigenvalue weighted by Gasteiger charge is 2.13. The fourth-order valence-corrected chi connectivity index (χ4v) is 3.35. The van der Waals surface area contributed by atoms with E-state index < -0.39 is 0 Å². The smallest absolute Gasteiger partial charge is 0.264 e. The van der Waals surface area contributed by atoms with E-state index >= 15 is 0 Å². The van der Waals surface area contributed by atoms with Gasteiger partial charge in [0.15, 0.2) is 23.2 Å². The number of hydrogen-bond acceptors (Lipinski definition) is 6. The van der Waals surface area contributed by atoms with Crippen LogP contribution in [0.5, 0.6) is 17.2 Å². The maximum absolute atomic E-state index is 12.2. The first kappa shape index (κ1) is 19.7. The molecule has 3 aromatic rings. The largest absolute Gasteiger partial charge is 0.496 e. The van der Waals surface area contributed by atoms with E-state index in [0.717, 1.165) is 22.6 Å².